The van der Waals surface area contributed by atoms with E-state index in [4.69, 9.17) is 10.4 Å². The number of sulfone groups is 1. The van der Waals surface area contributed by atoms with E-state index in [1.165, 1.54) is 0 Å². The van der Waals surface area contributed by atoms with Gasteiger partial charge in [-0.1, -0.05) is 13.8 Å². The number of hydrogen-bond acceptors (Lipinski definition) is 4. The largest absolute Gasteiger partial charge is 0.396 e. The molecule has 0 spiro atoms. The molecule has 0 aromatic carbocycles. The van der Waals surface area contributed by atoms with Crippen LogP contribution in [0.5, 0.6) is 0 Å². The molecule has 5 heteroatoms. The van der Waals surface area contributed by atoms with Crippen LogP contribution in [-0.4, -0.2) is 30.6 Å². The highest BCUT2D eigenvalue weighted by atomic mass is 32.2. The number of aliphatic hydroxyl groups is 1. The zero-order valence-electron chi connectivity index (χ0n) is 9.10. The number of nitriles is 1. The predicted molar refractivity (Wildman–Crippen MR) is 56.8 cm³/mol. The minimum atomic E-state index is -3.37. The zero-order valence-corrected chi connectivity index (χ0v) is 9.92. The van der Waals surface area contributed by atoms with Gasteiger partial charge in [-0.15, -0.1) is 0 Å². The molecule has 0 bridgehead atoms. The molecule has 0 aliphatic heterocycles. The Kier molecular flexibility index (Phi) is 3.41. The first-order valence-corrected chi connectivity index (χ1v) is 6.83. The number of nitrogens with zero attached hydrogens (tertiary/aromatic N) is 1. The molecule has 1 fully saturated rings. The Hall–Kier alpha value is -0.600. The van der Waals surface area contributed by atoms with Gasteiger partial charge in [0.05, 0.1) is 6.07 Å². The molecule has 4 nitrogen and oxygen atoms in total. The Balaban J connectivity index is 3.14. The third-order valence-corrected chi connectivity index (χ3v) is 5.99. The highest BCUT2D eigenvalue weighted by Crippen LogP contribution is 2.44. The van der Waals surface area contributed by atoms with Gasteiger partial charge in [-0.05, 0) is 24.7 Å². The van der Waals surface area contributed by atoms with E-state index in [-0.39, 0.29) is 30.6 Å². The van der Waals surface area contributed by atoms with Gasteiger partial charge in [0.2, 0.25) is 0 Å². The molecule has 1 rings (SSSR count). The first-order chi connectivity index (χ1) is 6.93. The number of rotatable bonds is 3. The maximum absolute atomic E-state index is 11.9. The van der Waals surface area contributed by atoms with E-state index in [9.17, 15) is 8.42 Å². The summed E-state index contributed by atoms with van der Waals surface area (Å²) in [6.45, 7) is 3.31. The van der Waals surface area contributed by atoms with E-state index in [1.807, 2.05) is 6.07 Å². The Labute approximate surface area is 90.8 Å². The summed E-state index contributed by atoms with van der Waals surface area (Å²) in [5.74, 6) is -0.256. The summed E-state index contributed by atoms with van der Waals surface area (Å²) in [6, 6.07) is 1.98. The van der Waals surface area contributed by atoms with Crippen LogP contribution in [0.15, 0.2) is 0 Å². The Morgan fingerprint density at radius 2 is 2.20 bits per heavy atom. The highest BCUT2D eigenvalue weighted by Gasteiger charge is 2.53. The van der Waals surface area contributed by atoms with Gasteiger partial charge in [-0.3, -0.25) is 0 Å². The molecule has 0 aromatic rings. The molecule has 1 saturated carbocycles. The lowest BCUT2D eigenvalue weighted by atomic mass is 9.99. The smallest absolute Gasteiger partial charge is 0.169 e. The molecule has 0 heterocycles. The van der Waals surface area contributed by atoms with Crippen LogP contribution in [0.2, 0.25) is 0 Å². The van der Waals surface area contributed by atoms with Crippen LogP contribution in [0.3, 0.4) is 0 Å². The Morgan fingerprint density at radius 3 is 2.53 bits per heavy atom. The van der Waals surface area contributed by atoms with Crippen molar-refractivity contribution in [3.63, 3.8) is 0 Å². The first-order valence-electron chi connectivity index (χ1n) is 5.18. The lowest BCUT2D eigenvalue weighted by Crippen LogP contribution is -2.41. The van der Waals surface area contributed by atoms with Crippen molar-refractivity contribution >= 4 is 9.84 Å². The van der Waals surface area contributed by atoms with Crippen molar-refractivity contribution in [1.82, 2.24) is 0 Å². The second-order valence-electron chi connectivity index (χ2n) is 4.29. The molecular weight excluding hydrogens is 214 g/mol. The van der Waals surface area contributed by atoms with Gasteiger partial charge < -0.3 is 5.11 Å². The molecule has 3 atom stereocenters. The summed E-state index contributed by atoms with van der Waals surface area (Å²) in [7, 11) is -3.37. The standard InChI is InChI=1S/C10H17NO3S/c1-3-15(13,14)10(7-11)5-9(6-12)4-8(10)2/h8-9,12H,3-6H2,1-2H3/t8-,9-,10+/m1/s1. The van der Waals surface area contributed by atoms with Crippen LogP contribution < -0.4 is 0 Å². The van der Waals surface area contributed by atoms with Gasteiger partial charge in [-0.2, -0.15) is 5.26 Å². The van der Waals surface area contributed by atoms with E-state index >= 15 is 0 Å². The maximum atomic E-state index is 11.9. The molecule has 15 heavy (non-hydrogen) atoms. The average Bonchev–Trinajstić information content (AvgIpc) is 2.56. The Bertz CT molecular complexity index is 371. The molecule has 1 N–H and O–H groups in total. The van der Waals surface area contributed by atoms with Gasteiger partial charge in [0, 0.05) is 12.4 Å². The summed E-state index contributed by atoms with van der Waals surface area (Å²) in [4.78, 5) is 0. The number of hydrogen-bond donors (Lipinski definition) is 1. The third-order valence-electron chi connectivity index (χ3n) is 3.46. The van der Waals surface area contributed by atoms with Crippen molar-refractivity contribution in [3.05, 3.63) is 0 Å². The lowest BCUT2D eigenvalue weighted by molar-refractivity contribution is 0.226. The molecule has 1 aliphatic rings. The SMILES string of the molecule is CCS(=O)(=O)[C@]1(C#N)C[C@H](CO)C[C@H]1C. The lowest BCUT2D eigenvalue weighted by Gasteiger charge is -2.25. The monoisotopic (exact) mass is 231 g/mol. The third kappa shape index (κ3) is 1.77. The zero-order chi connectivity index (χ0) is 11.7. The van der Waals surface area contributed by atoms with Crippen molar-refractivity contribution < 1.29 is 13.5 Å². The van der Waals surface area contributed by atoms with E-state index < -0.39 is 14.6 Å². The van der Waals surface area contributed by atoms with Crippen LogP contribution >= 0.6 is 0 Å². The van der Waals surface area contributed by atoms with E-state index in [0.717, 1.165) is 0 Å². The molecule has 0 saturated heterocycles. The van der Waals surface area contributed by atoms with Crippen molar-refractivity contribution in [2.45, 2.75) is 31.4 Å². The van der Waals surface area contributed by atoms with Gasteiger partial charge in [0.25, 0.3) is 0 Å². The Morgan fingerprint density at radius 1 is 1.60 bits per heavy atom. The fourth-order valence-corrected chi connectivity index (χ4v) is 4.31. The topological polar surface area (TPSA) is 78.2 Å². The quantitative estimate of drug-likeness (QED) is 0.776. The molecule has 0 amide bonds. The summed E-state index contributed by atoms with van der Waals surface area (Å²) in [6.07, 6.45) is 0.890. The molecule has 86 valence electrons. The summed E-state index contributed by atoms with van der Waals surface area (Å²) in [5, 5.41) is 18.2. The van der Waals surface area contributed by atoms with Gasteiger partial charge in [-0.25, -0.2) is 8.42 Å². The van der Waals surface area contributed by atoms with E-state index in [2.05, 4.69) is 0 Å². The summed E-state index contributed by atoms with van der Waals surface area (Å²) >= 11 is 0. The van der Waals surface area contributed by atoms with Crippen LogP contribution in [0, 0.1) is 23.2 Å². The average molecular weight is 231 g/mol. The van der Waals surface area contributed by atoms with E-state index in [0.29, 0.717) is 6.42 Å². The molecule has 1 aliphatic carbocycles. The maximum Gasteiger partial charge on any atom is 0.169 e. The molecule has 0 radical (unpaired) electrons. The number of aliphatic hydroxyl groups excluding tert-OH is 1. The van der Waals surface area contributed by atoms with Gasteiger partial charge >= 0.3 is 0 Å². The normalized spacial score (nSPS) is 36.4. The minimum absolute atomic E-state index is 0.0109. The van der Waals surface area contributed by atoms with Crippen molar-refractivity contribution in [3.8, 4) is 6.07 Å². The fourth-order valence-electron chi connectivity index (χ4n) is 2.46. The van der Waals surface area contributed by atoms with Crippen molar-refractivity contribution in [1.29, 1.82) is 5.26 Å². The van der Waals surface area contributed by atoms with Crippen LogP contribution in [-0.2, 0) is 9.84 Å². The first kappa shape index (κ1) is 12.5. The van der Waals surface area contributed by atoms with Gasteiger partial charge in [0.15, 0.2) is 14.6 Å². The van der Waals surface area contributed by atoms with Crippen LogP contribution in [0.4, 0.5) is 0 Å². The highest BCUT2D eigenvalue weighted by molar-refractivity contribution is 7.93. The molecule has 0 aromatic heterocycles. The summed E-state index contributed by atoms with van der Waals surface area (Å²) < 4.78 is 22.6. The summed E-state index contributed by atoms with van der Waals surface area (Å²) in [5.41, 5.74) is 0. The van der Waals surface area contributed by atoms with Crippen LogP contribution in [0.25, 0.3) is 0 Å². The van der Waals surface area contributed by atoms with Crippen molar-refractivity contribution in [2.24, 2.45) is 11.8 Å². The second kappa shape index (κ2) is 4.11. The van der Waals surface area contributed by atoms with E-state index in [1.54, 1.807) is 13.8 Å². The molecular formula is C10H17NO3S. The predicted octanol–water partition coefficient (Wildman–Crippen LogP) is 0.722. The van der Waals surface area contributed by atoms with Crippen molar-refractivity contribution in [2.75, 3.05) is 12.4 Å². The fraction of sp³-hybridized carbons (Fsp3) is 0.900. The minimum Gasteiger partial charge on any atom is -0.396 e. The molecule has 0 unspecified atom stereocenters. The van der Waals surface area contributed by atoms with Gasteiger partial charge in [0.1, 0.15) is 0 Å². The van der Waals surface area contributed by atoms with Crippen LogP contribution in [0.1, 0.15) is 26.7 Å². The second-order valence-corrected chi connectivity index (χ2v) is 6.83.